The Kier molecular flexibility index (Phi) is 4.28. The summed E-state index contributed by atoms with van der Waals surface area (Å²) in [5, 5.41) is -0.515. The van der Waals surface area contributed by atoms with E-state index in [0.29, 0.717) is 19.6 Å². The largest absolute Gasteiger partial charge is 0.380 e. The van der Waals surface area contributed by atoms with Crippen LogP contribution >= 0.6 is 0 Å². The predicted molar refractivity (Wildman–Crippen MR) is 67.5 cm³/mol. The molecule has 0 aromatic carbocycles. The highest BCUT2D eigenvalue weighted by atomic mass is 32.2. The van der Waals surface area contributed by atoms with Gasteiger partial charge < -0.3 is 4.74 Å². The molecule has 0 saturated heterocycles. The second-order valence-corrected chi connectivity index (χ2v) is 6.05. The van der Waals surface area contributed by atoms with E-state index in [-0.39, 0.29) is 6.54 Å². The minimum atomic E-state index is -3.87. The number of aromatic nitrogens is 1. The molecule has 0 amide bonds. The standard InChI is InChI=1S/C12H15FN2O3S/c1-18-9-10-4-7-15(8-5-10)19(16,17)12-11(13)3-2-6-14-12/h2-4,6H,5,7-9H2,1H3. The van der Waals surface area contributed by atoms with Crippen LogP contribution in [0.25, 0.3) is 0 Å². The number of hydrogen-bond donors (Lipinski definition) is 0. The zero-order chi connectivity index (χ0) is 13.9. The summed E-state index contributed by atoms with van der Waals surface area (Å²) in [5.41, 5.74) is 1.05. The number of hydrogen-bond acceptors (Lipinski definition) is 4. The molecule has 0 radical (unpaired) electrons. The summed E-state index contributed by atoms with van der Waals surface area (Å²) in [6, 6.07) is 2.46. The van der Waals surface area contributed by atoms with E-state index in [1.54, 1.807) is 13.2 Å². The first-order chi connectivity index (χ1) is 9.05. The van der Waals surface area contributed by atoms with Gasteiger partial charge in [-0.15, -0.1) is 0 Å². The van der Waals surface area contributed by atoms with Gasteiger partial charge in [-0.2, -0.15) is 4.31 Å². The minimum Gasteiger partial charge on any atom is -0.380 e. The average molecular weight is 286 g/mol. The van der Waals surface area contributed by atoms with Crippen molar-refractivity contribution in [3.05, 3.63) is 35.8 Å². The Balaban J connectivity index is 2.21. The molecule has 0 aliphatic carbocycles. The van der Waals surface area contributed by atoms with E-state index in [0.717, 1.165) is 11.6 Å². The van der Waals surface area contributed by atoms with Gasteiger partial charge in [0.05, 0.1) is 6.61 Å². The second kappa shape index (κ2) is 5.77. The first kappa shape index (κ1) is 14.1. The van der Waals surface area contributed by atoms with Crippen LogP contribution in [0.3, 0.4) is 0 Å². The Hall–Kier alpha value is -1.31. The predicted octanol–water partition coefficient (Wildman–Crippen LogP) is 1.19. The van der Waals surface area contributed by atoms with Crippen LogP contribution < -0.4 is 0 Å². The highest BCUT2D eigenvalue weighted by Gasteiger charge is 2.29. The van der Waals surface area contributed by atoms with Gasteiger partial charge in [-0.25, -0.2) is 17.8 Å². The molecule has 0 unspecified atom stereocenters. The van der Waals surface area contributed by atoms with E-state index in [2.05, 4.69) is 4.98 Å². The molecular weight excluding hydrogens is 271 g/mol. The molecule has 0 N–H and O–H groups in total. The first-order valence-electron chi connectivity index (χ1n) is 5.83. The van der Waals surface area contributed by atoms with E-state index in [1.807, 2.05) is 0 Å². The van der Waals surface area contributed by atoms with Crippen molar-refractivity contribution < 1.29 is 17.5 Å². The second-order valence-electron chi connectivity index (χ2n) is 4.20. The Morgan fingerprint density at radius 2 is 2.32 bits per heavy atom. The highest BCUT2D eigenvalue weighted by Crippen LogP contribution is 2.20. The third-order valence-corrected chi connectivity index (χ3v) is 4.71. The summed E-state index contributed by atoms with van der Waals surface area (Å²) >= 11 is 0. The molecule has 1 aromatic rings. The van der Waals surface area contributed by atoms with E-state index in [1.165, 1.54) is 16.6 Å². The topological polar surface area (TPSA) is 59.5 Å². The Morgan fingerprint density at radius 1 is 1.53 bits per heavy atom. The van der Waals surface area contributed by atoms with Crippen LogP contribution in [0.2, 0.25) is 0 Å². The molecule has 1 aliphatic rings. The average Bonchev–Trinajstić information content (AvgIpc) is 2.40. The SMILES string of the molecule is COCC1=CCN(S(=O)(=O)c2ncccc2F)CC1. The van der Waals surface area contributed by atoms with Gasteiger partial charge >= 0.3 is 0 Å². The van der Waals surface area contributed by atoms with Gasteiger partial charge in [-0.3, -0.25) is 0 Å². The molecule has 1 aliphatic heterocycles. The molecule has 2 heterocycles. The van der Waals surface area contributed by atoms with Crippen molar-refractivity contribution in [1.82, 2.24) is 9.29 Å². The molecule has 0 atom stereocenters. The number of sulfonamides is 1. The fraction of sp³-hybridized carbons (Fsp3) is 0.417. The van der Waals surface area contributed by atoms with Gasteiger partial charge in [0, 0.05) is 26.4 Å². The molecule has 7 heteroatoms. The first-order valence-corrected chi connectivity index (χ1v) is 7.27. The monoisotopic (exact) mass is 286 g/mol. The van der Waals surface area contributed by atoms with Crippen LogP contribution in [-0.2, 0) is 14.8 Å². The van der Waals surface area contributed by atoms with E-state index >= 15 is 0 Å². The normalized spacial score (nSPS) is 17.3. The lowest BCUT2D eigenvalue weighted by atomic mass is 10.1. The maximum absolute atomic E-state index is 13.5. The summed E-state index contributed by atoms with van der Waals surface area (Å²) in [5.74, 6) is -0.825. The van der Waals surface area contributed by atoms with Crippen molar-refractivity contribution in [3.8, 4) is 0 Å². The van der Waals surface area contributed by atoms with E-state index in [9.17, 15) is 12.8 Å². The molecule has 0 fully saturated rings. The molecule has 2 rings (SSSR count). The van der Waals surface area contributed by atoms with Crippen molar-refractivity contribution in [2.24, 2.45) is 0 Å². The smallest absolute Gasteiger partial charge is 0.263 e. The maximum atomic E-state index is 13.5. The van der Waals surface area contributed by atoms with Gasteiger partial charge in [-0.05, 0) is 24.1 Å². The van der Waals surface area contributed by atoms with Crippen LogP contribution in [0.5, 0.6) is 0 Å². The van der Waals surface area contributed by atoms with Crippen LogP contribution in [0.15, 0.2) is 35.0 Å². The van der Waals surface area contributed by atoms with Crippen molar-refractivity contribution in [2.45, 2.75) is 11.4 Å². The summed E-state index contributed by atoms with van der Waals surface area (Å²) in [4.78, 5) is 3.63. The van der Waals surface area contributed by atoms with Crippen LogP contribution in [0.1, 0.15) is 6.42 Å². The van der Waals surface area contributed by atoms with Crippen LogP contribution in [-0.4, -0.2) is 44.5 Å². The summed E-state index contributed by atoms with van der Waals surface area (Å²) in [6.45, 7) is 1.02. The summed E-state index contributed by atoms with van der Waals surface area (Å²) in [6.07, 6.45) is 3.65. The molecular formula is C12H15FN2O3S. The highest BCUT2D eigenvalue weighted by molar-refractivity contribution is 7.89. The summed E-state index contributed by atoms with van der Waals surface area (Å²) < 4.78 is 44.2. The number of methoxy groups -OCH3 is 1. The Bertz CT molecular complexity index is 586. The third-order valence-electron chi connectivity index (χ3n) is 2.90. The molecule has 104 valence electrons. The molecule has 1 aromatic heterocycles. The zero-order valence-electron chi connectivity index (χ0n) is 10.5. The van der Waals surface area contributed by atoms with Gasteiger partial charge in [0.25, 0.3) is 10.0 Å². The van der Waals surface area contributed by atoms with Crippen molar-refractivity contribution in [3.63, 3.8) is 0 Å². The van der Waals surface area contributed by atoms with E-state index in [4.69, 9.17) is 4.74 Å². The third kappa shape index (κ3) is 2.99. The summed E-state index contributed by atoms with van der Waals surface area (Å²) in [7, 11) is -2.28. The van der Waals surface area contributed by atoms with Crippen molar-refractivity contribution >= 4 is 10.0 Å². The molecule has 0 spiro atoms. The molecule has 5 nitrogen and oxygen atoms in total. The lowest BCUT2D eigenvalue weighted by Crippen LogP contribution is -2.36. The molecule has 19 heavy (non-hydrogen) atoms. The molecule has 0 bridgehead atoms. The number of nitrogens with zero attached hydrogens (tertiary/aromatic N) is 2. The quantitative estimate of drug-likeness (QED) is 0.780. The lowest BCUT2D eigenvalue weighted by molar-refractivity contribution is 0.219. The Labute approximate surface area is 111 Å². The van der Waals surface area contributed by atoms with E-state index < -0.39 is 20.9 Å². The van der Waals surface area contributed by atoms with Crippen LogP contribution in [0, 0.1) is 5.82 Å². The van der Waals surface area contributed by atoms with Crippen molar-refractivity contribution in [2.75, 3.05) is 26.8 Å². The van der Waals surface area contributed by atoms with Crippen LogP contribution in [0.4, 0.5) is 4.39 Å². The number of halogens is 1. The number of ether oxygens (including phenoxy) is 1. The fourth-order valence-corrected chi connectivity index (χ4v) is 3.27. The fourth-order valence-electron chi connectivity index (χ4n) is 1.91. The van der Waals surface area contributed by atoms with Crippen molar-refractivity contribution in [1.29, 1.82) is 0 Å². The lowest BCUT2D eigenvalue weighted by Gasteiger charge is -2.25. The van der Waals surface area contributed by atoms with Gasteiger partial charge in [0.1, 0.15) is 0 Å². The number of rotatable bonds is 4. The number of pyridine rings is 1. The Morgan fingerprint density at radius 3 is 2.89 bits per heavy atom. The maximum Gasteiger partial charge on any atom is 0.263 e. The van der Waals surface area contributed by atoms with Gasteiger partial charge in [-0.1, -0.05) is 6.08 Å². The zero-order valence-corrected chi connectivity index (χ0v) is 11.4. The minimum absolute atomic E-state index is 0.219. The van der Waals surface area contributed by atoms with Gasteiger partial charge in [0.15, 0.2) is 5.82 Å². The molecule has 0 saturated carbocycles. The van der Waals surface area contributed by atoms with Gasteiger partial charge in [0.2, 0.25) is 5.03 Å².